The predicted octanol–water partition coefficient (Wildman–Crippen LogP) is 0.565. The first-order valence-corrected chi connectivity index (χ1v) is 2.83. The number of rotatable bonds is 4. The monoisotopic (exact) mass is 153 g/mol. The fourth-order valence-corrected chi connectivity index (χ4v) is 0.296. The minimum atomic E-state index is -0.545. The Bertz CT molecular complexity index is 214. The molecule has 11 heavy (non-hydrogen) atoms. The molecule has 0 spiro atoms. The molecule has 0 aromatic heterocycles. The summed E-state index contributed by atoms with van der Waals surface area (Å²) in [5.74, 6) is -0.545. The molecule has 0 bridgehead atoms. The van der Waals surface area contributed by atoms with E-state index in [1.807, 2.05) is 0 Å². The van der Waals surface area contributed by atoms with Gasteiger partial charge in [-0.25, -0.2) is 14.6 Å². The highest BCUT2D eigenvalue weighted by atomic mass is 16.5. The van der Waals surface area contributed by atoms with Crippen LogP contribution in [0.25, 0.3) is 0 Å². The van der Waals surface area contributed by atoms with Crippen LogP contribution in [0.2, 0.25) is 0 Å². The van der Waals surface area contributed by atoms with Gasteiger partial charge in [-0.05, 0) is 6.08 Å². The zero-order chi connectivity index (χ0) is 8.53. The van der Waals surface area contributed by atoms with Crippen molar-refractivity contribution in [2.24, 2.45) is 4.99 Å². The summed E-state index contributed by atoms with van der Waals surface area (Å²) in [7, 11) is 0. The minimum Gasteiger partial charge on any atom is -0.432 e. The zero-order valence-electron chi connectivity index (χ0n) is 5.82. The lowest BCUT2D eigenvalue weighted by Crippen LogP contribution is -1.91. The first kappa shape index (κ1) is 9.33. The van der Waals surface area contributed by atoms with E-state index in [0.29, 0.717) is 0 Å². The van der Waals surface area contributed by atoms with E-state index in [2.05, 4.69) is 16.3 Å². The van der Waals surface area contributed by atoms with Crippen molar-refractivity contribution >= 4 is 12.0 Å². The van der Waals surface area contributed by atoms with Gasteiger partial charge in [-0.3, -0.25) is 0 Å². The second-order valence-electron chi connectivity index (χ2n) is 1.44. The highest BCUT2D eigenvalue weighted by Gasteiger charge is 1.86. The third-order valence-electron chi connectivity index (χ3n) is 0.708. The molecule has 0 atom stereocenters. The van der Waals surface area contributed by atoms with Crippen LogP contribution in [0.4, 0.5) is 0 Å². The topological polar surface area (TPSA) is 55.7 Å². The van der Waals surface area contributed by atoms with Crippen LogP contribution in [0.15, 0.2) is 30.0 Å². The maximum atomic E-state index is 10.3. The van der Waals surface area contributed by atoms with Crippen LogP contribution in [0, 0.1) is 0 Å². The highest BCUT2D eigenvalue weighted by Crippen LogP contribution is 1.81. The minimum absolute atomic E-state index is 0.161. The summed E-state index contributed by atoms with van der Waals surface area (Å²) in [6, 6.07) is 0. The molecule has 0 saturated carbocycles. The van der Waals surface area contributed by atoms with Gasteiger partial charge in [-0.15, -0.1) is 0 Å². The van der Waals surface area contributed by atoms with Crippen molar-refractivity contribution in [3.63, 3.8) is 0 Å². The summed E-state index contributed by atoms with van der Waals surface area (Å²) in [5.41, 5.74) is 0. The molecule has 0 heterocycles. The average molecular weight is 153 g/mol. The molecule has 0 rings (SSSR count). The van der Waals surface area contributed by atoms with Crippen LogP contribution in [0.1, 0.15) is 0 Å². The van der Waals surface area contributed by atoms with Gasteiger partial charge < -0.3 is 4.74 Å². The molecule has 0 aliphatic rings. The summed E-state index contributed by atoms with van der Waals surface area (Å²) in [4.78, 5) is 23.0. The highest BCUT2D eigenvalue weighted by molar-refractivity contribution is 5.81. The summed E-state index contributed by atoms with van der Waals surface area (Å²) in [6.45, 7) is 3.34. The van der Waals surface area contributed by atoms with Crippen LogP contribution >= 0.6 is 0 Å². The fourth-order valence-electron chi connectivity index (χ4n) is 0.296. The number of carbonyl (C=O) groups is 1. The fraction of sp³-hybridized carbons (Fsp3) is 0.143. The third-order valence-corrected chi connectivity index (χ3v) is 0.708. The predicted molar refractivity (Wildman–Crippen MR) is 38.4 cm³/mol. The van der Waals surface area contributed by atoms with Crippen molar-refractivity contribution in [1.82, 2.24) is 0 Å². The molecule has 0 N–H and O–H groups in total. The largest absolute Gasteiger partial charge is 0.432 e. The summed E-state index contributed by atoms with van der Waals surface area (Å²) in [5, 5.41) is 0. The Labute approximate surface area is 63.9 Å². The number of aliphatic imine (C=N–C) groups is 1. The Hall–Kier alpha value is -1.67. The van der Waals surface area contributed by atoms with E-state index in [-0.39, 0.29) is 6.54 Å². The lowest BCUT2D eigenvalue weighted by molar-refractivity contribution is -0.132. The Morgan fingerprint density at radius 2 is 2.45 bits per heavy atom. The van der Waals surface area contributed by atoms with Gasteiger partial charge >= 0.3 is 5.97 Å². The van der Waals surface area contributed by atoms with E-state index >= 15 is 0 Å². The van der Waals surface area contributed by atoms with Gasteiger partial charge in [-0.2, -0.15) is 0 Å². The van der Waals surface area contributed by atoms with Crippen LogP contribution < -0.4 is 0 Å². The average Bonchev–Trinajstić information content (AvgIpc) is 2.04. The van der Waals surface area contributed by atoms with Crippen molar-refractivity contribution in [3.8, 4) is 0 Å². The Morgan fingerprint density at radius 3 is 3.00 bits per heavy atom. The van der Waals surface area contributed by atoms with Gasteiger partial charge in [0, 0.05) is 6.08 Å². The summed E-state index contributed by atoms with van der Waals surface area (Å²) < 4.78 is 4.41. The molecule has 0 aliphatic carbocycles. The van der Waals surface area contributed by atoms with Gasteiger partial charge in [0.1, 0.15) is 0 Å². The first-order valence-electron chi connectivity index (χ1n) is 2.83. The molecular weight excluding hydrogens is 146 g/mol. The number of carbonyl (C=O) groups excluding carboxylic acids is 2. The lowest BCUT2D eigenvalue weighted by Gasteiger charge is -1.88. The molecule has 4 nitrogen and oxygen atoms in total. The number of hydrogen-bond donors (Lipinski definition) is 0. The molecular formula is C7H7NO3. The van der Waals surface area contributed by atoms with Gasteiger partial charge in [0.05, 0.1) is 12.8 Å². The zero-order valence-corrected chi connectivity index (χ0v) is 5.82. The molecule has 4 heteroatoms. The molecule has 0 unspecified atom stereocenters. The lowest BCUT2D eigenvalue weighted by atomic mass is 10.6. The van der Waals surface area contributed by atoms with Crippen molar-refractivity contribution in [3.05, 3.63) is 25.0 Å². The van der Waals surface area contributed by atoms with Crippen LogP contribution in [-0.4, -0.2) is 18.6 Å². The molecule has 0 aromatic rings. The molecule has 0 aromatic carbocycles. The second kappa shape index (κ2) is 6.45. The number of hydrogen-bond acceptors (Lipinski definition) is 4. The van der Waals surface area contributed by atoms with E-state index in [1.165, 1.54) is 12.2 Å². The Balaban J connectivity index is 3.51. The van der Waals surface area contributed by atoms with Gasteiger partial charge in [0.25, 0.3) is 0 Å². The molecule has 0 saturated heterocycles. The van der Waals surface area contributed by atoms with E-state index in [4.69, 9.17) is 0 Å². The second-order valence-corrected chi connectivity index (χ2v) is 1.44. The molecule has 0 radical (unpaired) electrons. The smallest absolute Gasteiger partial charge is 0.334 e. The maximum Gasteiger partial charge on any atom is 0.334 e. The number of ether oxygens (including phenoxy) is 1. The van der Waals surface area contributed by atoms with E-state index in [0.717, 1.165) is 12.3 Å². The summed E-state index contributed by atoms with van der Waals surface area (Å²) in [6.07, 6.45) is 4.92. The quantitative estimate of drug-likeness (QED) is 0.195. The van der Waals surface area contributed by atoms with Crippen LogP contribution in [0.3, 0.4) is 0 Å². The number of nitrogens with zero attached hydrogens (tertiary/aromatic N) is 1. The van der Waals surface area contributed by atoms with Crippen molar-refractivity contribution < 1.29 is 14.3 Å². The van der Waals surface area contributed by atoms with Crippen molar-refractivity contribution in [2.75, 3.05) is 6.54 Å². The Kier molecular flexibility index (Phi) is 5.47. The van der Waals surface area contributed by atoms with E-state index in [9.17, 15) is 9.59 Å². The first-order chi connectivity index (χ1) is 5.31. The third kappa shape index (κ3) is 6.21. The SMILES string of the molecule is C=CC(=O)OC=CCN=C=O. The molecule has 0 fully saturated rings. The standard InChI is InChI=1S/C7H7NO3/c1-2-7(10)11-5-3-4-8-6-9/h2-3,5H,1,4H2. The van der Waals surface area contributed by atoms with Gasteiger partial charge in [0.2, 0.25) is 6.08 Å². The van der Waals surface area contributed by atoms with Crippen LogP contribution in [-0.2, 0) is 14.3 Å². The molecule has 0 aliphatic heterocycles. The van der Waals surface area contributed by atoms with E-state index in [1.54, 1.807) is 0 Å². The van der Waals surface area contributed by atoms with Crippen molar-refractivity contribution in [1.29, 1.82) is 0 Å². The number of esters is 1. The van der Waals surface area contributed by atoms with Gasteiger partial charge in [-0.1, -0.05) is 6.58 Å². The maximum absolute atomic E-state index is 10.3. The molecule has 0 amide bonds. The summed E-state index contributed by atoms with van der Waals surface area (Å²) >= 11 is 0. The van der Waals surface area contributed by atoms with E-state index < -0.39 is 5.97 Å². The van der Waals surface area contributed by atoms with Crippen LogP contribution in [0.5, 0.6) is 0 Å². The van der Waals surface area contributed by atoms with Gasteiger partial charge in [0.15, 0.2) is 0 Å². The normalized spacial score (nSPS) is 8.73. The Morgan fingerprint density at radius 1 is 1.73 bits per heavy atom. The molecule has 58 valence electrons. The number of isocyanates is 1. The van der Waals surface area contributed by atoms with Crippen molar-refractivity contribution in [2.45, 2.75) is 0 Å².